The Hall–Kier alpha value is -3.02. The molecule has 0 N–H and O–H groups in total. The van der Waals surface area contributed by atoms with Gasteiger partial charge in [-0.1, -0.05) is 6.07 Å². The number of benzene rings is 2. The monoisotopic (exact) mass is 316 g/mol. The number of rotatable bonds is 6. The molecular formula is C17H16O6. The maximum atomic E-state index is 12.4. The van der Waals surface area contributed by atoms with E-state index < -0.39 is 5.97 Å². The largest absolute Gasteiger partial charge is 0.497 e. The van der Waals surface area contributed by atoms with Gasteiger partial charge in [-0.05, 0) is 24.3 Å². The number of carbonyl (C=O) groups is 2. The highest BCUT2D eigenvalue weighted by Gasteiger charge is 2.17. The minimum absolute atomic E-state index is 0.0665. The fraction of sp³-hybridized carbons (Fsp3) is 0.176. The first kappa shape index (κ1) is 16.4. The lowest BCUT2D eigenvalue weighted by molar-refractivity contribution is 0.0727. The van der Waals surface area contributed by atoms with E-state index in [-0.39, 0.29) is 22.6 Å². The zero-order valence-corrected chi connectivity index (χ0v) is 13.0. The number of carbonyl (C=O) groups excluding carboxylic acids is 2. The Kier molecular flexibility index (Phi) is 5.19. The summed E-state index contributed by atoms with van der Waals surface area (Å²) in [6, 6.07) is 9.43. The van der Waals surface area contributed by atoms with Crippen LogP contribution in [-0.2, 0) is 0 Å². The first-order valence-electron chi connectivity index (χ1n) is 6.70. The number of hydrogen-bond acceptors (Lipinski definition) is 6. The lowest BCUT2D eigenvalue weighted by atomic mass is 10.2. The van der Waals surface area contributed by atoms with Gasteiger partial charge in [0, 0.05) is 6.07 Å². The first-order chi connectivity index (χ1) is 11.1. The number of esters is 1. The Bertz CT molecular complexity index is 701. The third-order valence-corrected chi connectivity index (χ3v) is 3.14. The van der Waals surface area contributed by atoms with Gasteiger partial charge in [0.2, 0.25) is 0 Å². The van der Waals surface area contributed by atoms with Crippen molar-refractivity contribution in [3.63, 3.8) is 0 Å². The fourth-order valence-electron chi connectivity index (χ4n) is 1.97. The third-order valence-electron chi connectivity index (χ3n) is 3.14. The van der Waals surface area contributed by atoms with E-state index in [9.17, 15) is 9.59 Å². The molecule has 0 aliphatic rings. The Labute approximate surface area is 133 Å². The van der Waals surface area contributed by atoms with E-state index in [0.29, 0.717) is 17.8 Å². The SMILES string of the molecule is COc1cc(OC)cc(C(=O)Oc2c(C=O)cccc2OC)c1. The Morgan fingerprint density at radius 2 is 1.61 bits per heavy atom. The quantitative estimate of drug-likeness (QED) is 0.463. The Morgan fingerprint density at radius 3 is 2.13 bits per heavy atom. The molecule has 0 heterocycles. The van der Waals surface area contributed by atoms with Crippen molar-refractivity contribution in [3.05, 3.63) is 47.5 Å². The van der Waals surface area contributed by atoms with Gasteiger partial charge in [0.25, 0.3) is 0 Å². The van der Waals surface area contributed by atoms with E-state index >= 15 is 0 Å². The van der Waals surface area contributed by atoms with Crippen LogP contribution in [-0.4, -0.2) is 33.6 Å². The second kappa shape index (κ2) is 7.31. The molecule has 6 nitrogen and oxygen atoms in total. The zero-order valence-electron chi connectivity index (χ0n) is 13.0. The minimum Gasteiger partial charge on any atom is -0.497 e. The molecule has 0 radical (unpaired) electrons. The van der Waals surface area contributed by atoms with Crippen LogP contribution in [0.3, 0.4) is 0 Å². The van der Waals surface area contributed by atoms with Crippen LogP contribution in [0.1, 0.15) is 20.7 Å². The lowest BCUT2D eigenvalue weighted by Crippen LogP contribution is -2.11. The molecule has 0 aliphatic carbocycles. The van der Waals surface area contributed by atoms with Crippen molar-refractivity contribution in [3.8, 4) is 23.0 Å². The average Bonchev–Trinajstić information content (AvgIpc) is 2.61. The predicted octanol–water partition coefficient (Wildman–Crippen LogP) is 2.74. The van der Waals surface area contributed by atoms with E-state index in [1.165, 1.54) is 39.5 Å². The van der Waals surface area contributed by atoms with Gasteiger partial charge < -0.3 is 18.9 Å². The summed E-state index contributed by atoms with van der Waals surface area (Å²) in [7, 11) is 4.39. The second-order valence-electron chi connectivity index (χ2n) is 4.49. The minimum atomic E-state index is -0.658. The molecule has 0 amide bonds. The van der Waals surface area contributed by atoms with E-state index in [0.717, 1.165) is 0 Å². The molecule has 2 aromatic rings. The fourth-order valence-corrected chi connectivity index (χ4v) is 1.97. The Morgan fingerprint density at radius 1 is 0.957 bits per heavy atom. The molecule has 2 aromatic carbocycles. The molecule has 0 saturated carbocycles. The van der Waals surface area contributed by atoms with Crippen LogP contribution < -0.4 is 18.9 Å². The molecule has 0 spiro atoms. The van der Waals surface area contributed by atoms with Gasteiger partial charge in [-0.3, -0.25) is 4.79 Å². The molecule has 120 valence electrons. The number of para-hydroxylation sites is 1. The smallest absolute Gasteiger partial charge is 0.343 e. The van der Waals surface area contributed by atoms with Crippen LogP contribution in [0.25, 0.3) is 0 Å². The zero-order chi connectivity index (χ0) is 16.8. The van der Waals surface area contributed by atoms with E-state index in [4.69, 9.17) is 18.9 Å². The number of aldehydes is 1. The van der Waals surface area contributed by atoms with Crippen LogP contribution in [0.15, 0.2) is 36.4 Å². The highest BCUT2D eigenvalue weighted by atomic mass is 16.6. The van der Waals surface area contributed by atoms with Gasteiger partial charge >= 0.3 is 5.97 Å². The molecule has 23 heavy (non-hydrogen) atoms. The first-order valence-corrected chi connectivity index (χ1v) is 6.70. The molecule has 0 unspecified atom stereocenters. The summed E-state index contributed by atoms with van der Waals surface area (Å²) < 4.78 is 20.7. The summed E-state index contributed by atoms with van der Waals surface area (Å²) in [6.45, 7) is 0. The molecule has 0 atom stereocenters. The summed E-state index contributed by atoms with van der Waals surface area (Å²) >= 11 is 0. The predicted molar refractivity (Wildman–Crippen MR) is 82.9 cm³/mol. The standard InChI is InChI=1S/C17H16O6/c1-20-13-7-12(8-14(9-13)21-2)17(19)23-16-11(10-18)5-4-6-15(16)22-3/h4-10H,1-3H3. The summed E-state index contributed by atoms with van der Waals surface area (Å²) in [5.41, 5.74) is 0.441. The van der Waals surface area contributed by atoms with Gasteiger partial charge in [0.05, 0.1) is 32.5 Å². The van der Waals surface area contributed by atoms with Crippen molar-refractivity contribution in [1.82, 2.24) is 0 Å². The molecular weight excluding hydrogens is 300 g/mol. The van der Waals surface area contributed by atoms with Crippen molar-refractivity contribution in [2.45, 2.75) is 0 Å². The summed E-state index contributed by atoms with van der Waals surface area (Å²) in [4.78, 5) is 23.5. The molecule has 2 rings (SSSR count). The van der Waals surface area contributed by atoms with Crippen LogP contribution in [0.5, 0.6) is 23.0 Å². The van der Waals surface area contributed by atoms with Gasteiger partial charge in [0.15, 0.2) is 17.8 Å². The normalized spacial score (nSPS) is 9.87. The molecule has 6 heteroatoms. The van der Waals surface area contributed by atoms with Gasteiger partial charge in [-0.15, -0.1) is 0 Å². The van der Waals surface area contributed by atoms with E-state index in [1.54, 1.807) is 18.2 Å². The Balaban J connectivity index is 2.38. The molecule has 0 aromatic heterocycles. The van der Waals surface area contributed by atoms with Crippen molar-refractivity contribution >= 4 is 12.3 Å². The van der Waals surface area contributed by atoms with Gasteiger partial charge in [0.1, 0.15) is 11.5 Å². The van der Waals surface area contributed by atoms with Crippen molar-refractivity contribution in [2.75, 3.05) is 21.3 Å². The highest BCUT2D eigenvalue weighted by molar-refractivity contribution is 5.94. The average molecular weight is 316 g/mol. The van der Waals surface area contributed by atoms with E-state index in [2.05, 4.69) is 0 Å². The van der Waals surface area contributed by atoms with Crippen molar-refractivity contribution < 1.29 is 28.5 Å². The van der Waals surface area contributed by atoms with Crippen LogP contribution >= 0.6 is 0 Å². The molecule has 0 bridgehead atoms. The second-order valence-corrected chi connectivity index (χ2v) is 4.49. The summed E-state index contributed by atoms with van der Waals surface area (Å²) in [5, 5.41) is 0. The van der Waals surface area contributed by atoms with Gasteiger partial charge in [-0.2, -0.15) is 0 Å². The maximum absolute atomic E-state index is 12.4. The third kappa shape index (κ3) is 3.60. The number of methoxy groups -OCH3 is 3. The lowest BCUT2D eigenvalue weighted by Gasteiger charge is -2.12. The maximum Gasteiger partial charge on any atom is 0.343 e. The topological polar surface area (TPSA) is 71.1 Å². The highest BCUT2D eigenvalue weighted by Crippen LogP contribution is 2.31. The number of ether oxygens (including phenoxy) is 4. The van der Waals surface area contributed by atoms with E-state index in [1.807, 2.05) is 0 Å². The molecule has 0 fully saturated rings. The molecule has 0 saturated heterocycles. The van der Waals surface area contributed by atoms with Crippen molar-refractivity contribution in [2.24, 2.45) is 0 Å². The van der Waals surface area contributed by atoms with Crippen LogP contribution in [0.4, 0.5) is 0 Å². The molecule has 0 aliphatic heterocycles. The van der Waals surface area contributed by atoms with Crippen LogP contribution in [0, 0.1) is 0 Å². The van der Waals surface area contributed by atoms with Crippen LogP contribution in [0.2, 0.25) is 0 Å². The summed E-state index contributed by atoms with van der Waals surface area (Å²) in [5.74, 6) is 0.600. The van der Waals surface area contributed by atoms with Gasteiger partial charge in [-0.25, -0.2) is 4.79 Å². The van der Waals surface area contributed by atoms with Crippen molar-refractivity contribution in [1.29, 1.82) is 0 Å². The summed E-state index contributed by atoms with van der Waals surface area (Å²) in [6.07, 6.45) is 0.595. The number of hydrogen-bond donors (Lipinski definition) is 0.